The molecule has 3 aromatic rings. The Hall–Kier alpha value is -2.92. The molecule has 2 bridgehead atoms. The van der Waals surface area contributed by atoms with Gasteiger partial charge in [0.15, 0.2) is 0 Å². The first kappa shape index (κ1) is 24.8. The van der Waals surface area contributed by atoms with Crippen LogP contribution in [0.1, 0.15) is 57.3 Å². The molecule has 5 nitrogen and oxygen atoms in total. The van der Waals surface area contributed by atoms with Gasteiger partial charge in [0, 0.05) is 25.3 Å². The summed E-state index contributed by atoms with van der Waals surface area (Å²) in [5.41, 5.74) is 4.51. The highest BCUT2D eigenvalue weighted by Crippen LogP contribution is 2.53. The van der Waals surface area contributed by atoms with Crippen LogP contribution in [0.15, 0.2) is 60.7 Å². The predicted molar refractivity (Wildman–Crippen MR) is 145 cm³/mol. The normalized spacial score (nSPS) is 23.4. The molecule has 3 unspecified atom stereocenters. The molecule has 36 heavy (non-hydrogen) atoms. The zero-order chi connectivity index (χ0) is 25.1. The first-order valence-electron chi connectivity index (χ1n) is 13.6. The summed E-state index contributed by atoms with van der Waals surface area (Å²) in [5.74, 6) is 1.61. The standard InChI is InChI=1S/C31H39N3O2/c1-22(2)30(35)36-31(21-24-15-16-25(31)20-26(24)23-10-5-4-6-11-23)17-19-34(3)18-9-14-29-32-27-12-7-8-13-28(27)33-29/h4-8,10-13,20,22,24-25H,9,14-19,21H2,1-3H3,(H,32,33). The summed E-state index contributed by atoms with van der Waals surface area (Å²) in [7, 11) is 2.18. The number of hydrogen-bond donors (Lipinski definition) is 1. The Kier molecular flexibility index (Phi) is 7.29. The number of rotatable bonds is 10. The third kappa shape index (κ3) is 5.27. The third-order valence-corrected chi connectivity index (χ3v) is 8.11. The molecule has 190 valence electrons. The van der Waals surface area contributed by atoms with Gasteiger partial charge >= 0.3 is 5.97 Å². The molecule has 1 heterocycles. The quantitative estimate of drug-likeness (QED) is 0.344. The van der Waals surface area contributed by atoms with E-state index in [1.165, 1.54) is 17.6 Å². The van der Waals surface area contributed by atoms with Gasteiger partial charge in [0.2, 0.25) is 0 Å². The Labute approximate surface area is 215 Å². The van der Waals surface area contributed by atoms with Gasteiger partial charge in [-0.1, -0.05) is 62.4 Å². The van der Waals surface area contributed by atoms with E-state index in [0.29, 0.717) is 5.92 Å². The number of H-pyrrole nitrogens is 1. The summed E-state index contributed by atoms with van der Waals surface area (Å²) < 4.78 is 6.39. The number of aromatic nitrogens is 2. The van der Waals surface area contributed by atoms with Crippen molar-refractivity contribution >= 4 is 22.6 Å². The highest BCUT2D eigenvalue weighted by atomic mass is 16.6. The number of nitrogens with one attached hydrogen (secondary N) is 1. The highest BCUT2D eigenvalue weighted by Gasteiger charge is 2.50. The maximum Gasteiger partial charge on any atom is 0.308 e. The Bertz CT molecular complexity index is 1180. The Morgan fingerprint density at radius 1 is 1.11 bits per heavy atom. The molecule has 1 N–H and O–H groups in total. The molecule has 3 aliphatic rings. The van der Waals surface area contributed by atoms with E-state index in [4.69, 9.17) is 9.72 Å². The Morgan fingerprint density at radius 2 is 1.89 bits per heavy atom. The van der Waals surface area contributed by atoms with Crippen molar-refractivity contribution in [3.8, 4) is 0 Å². The van der Waals surface area contributed by atoms with E-state index in [9.17, 15) is 4.79 Å². The number of fused-ring (bicyclic) bond motifs is 3. The topological polar surface area (TPSA) is 58.2 Å². The maximum atomic E-state index is 12.8. The van der Waals surface area contributed by atoms with Crippen LogP contribution in [0.3, 0.4) is 0 Å². The van der Waals surface area contributed by atoms with Crippen LogP contribution in [0, 0.1) is 17.8 Å². The van der Waals surface area contributed by atoms with Crippen molar-refractivity contribution in [2.45, 2.75) is 58.0 Å². The number of carbonyl (C=O) groups is 1. The number of nitrogens with zero attached hydrogens (tertiary/aromatic N) is 2. The molecule has 2 aromatic carbocycles. The summed E-state index contributed by atoms with van der Waals surface area (Å²) in [6, 6.07) is 18.9. The molecule has 6 rings (SSSR count). The van der Waals surface area contributed by atoms with Gasteiger partial charge in [-0.2, -0.15) is 0 Å². The lowest BCUT2D eigenvalue weighted by molar-refractivity contribution is -0.176. The molecule has 5 heteroatoms. The van der Waals surface area contributed by atoms with Gasteiger partial charge in [0.25, 0.3) is 0 Å². The zero-order valence-corrected chi connectivity index (χ0v) is 21.9. The number of aryl methyl sites for hydroxylation is 1. The number of carbonyl (C=O) groups excluding carboxylic acids is 1. The molecule has 0 spiro atoms. The first-order chi connectivity index (χ1) is 17.4. The van der Waals surface area contributed by atoms with Crippen LogP contribution in [-0.4, -0.2) is 46.6 Å². The summed E-state index contributed by atoms with van der Waals surface area (Å²) >= 11 is 0. The molecule has 1 fully saturated rings. The number of ether oxygens (including phenoxy) is 1. The van der Waals surface area contributed by atoms with Crippen molar-refractivity contribution in [3.05, 3.63) is 72.1 Å². The molecular weight excluding hydrogens is 446 g/mol. The van der Waals surface area contributed by atoms with Crippen LogP contribution >= 0.6 is 0 Å². The van der Waals surface area contributed by atoms with E-state index in [1.54, 1.807) is 0 Å². The molecule has 0 radical (unpaired) electrons. The van der Waals surface area contributed by atoms with Crippen molar-refractivity contribution in [2.75, 3.05) is 20.1 Å². The fourth-order valence-corrected chi connectivity index (χ4v) is 6.04. The van der Waals surface area contributed by atoms with E-state index < -0.39 is 5.60 Å². The molecule has 1 saturated carbocycles. The Balaban J connectivity index is 1.23. The van der Waals surface area contributed by atoms with E-state index in [0.717, 1.165) is 62.1 Å². The van der Waals surface area contributed by atoms with Gasteiger partial charge in [0.1, 0.15) is 11.4 Å². The Morgan fingerprint density at radius 3 is 2.61 bits per heavy atom. The van der Waals surface area contributed by atoms with Gasteiger partial charge in [-0.05, 0) is 68.5 Å². The van der Waals surface area contributed by atoms with Gasteiger partial charge in [-0.3, -0.25) is 4.79 Å². The summed E-state index contributed by atoms with van der Waals surface area (Å²) in [6.07, 6.45) is 8.50. The second-order valence-electron chi connectivity index (χ2n) is 11.1. The fraction of sp³-hybridized carbons (Fsp3) is 0.484. The molecule has 0 saturated heterocycles. The van der Waals surface area contributed by atoms with Crippen molar-refractivity contribution in [1.82, 2.24) is 14.9 Å². The van der Waals surface area contributed by atoms with E-state index >= 15 is 0 Å². The van der Waals surface area contributed by atoms with Crippen LogP contribution in [-0.2, 0) is 16.0 Å². The number of allylic oxidation sites excluding steroid dienone is 1. The minimum Gasteiger partial charge on any atom is -0.458 e. The zero-order valence-electron chi connectivity index (χ0n) is 21.9. The van der Waals surface area contributed by atoms with Gasteiger partial charge in [-0.25, -0.2) is 4.98 Å². The molecule has 3 atom stereocenters. The first-order valence-corrected chi connectivity index (χ1v) is 13.6. The van der Waals surface area contributed by atoms with Crippen LogP contribution in [0.25, 0.3) is 16.6 Å². The van der Waals surface area contributed by atoms with E-state index in [-0.39, 0.29) is 17.8 Å². The van der Waals surface area contributed by atoms with Gasteiger partial charge in [0.05, 0.1) is 17.0 Å². The smallest absolute Gasteiger partial charge is 0.308 e. The molecule has 0 amide bonds. The van der Waals surface area contributed by atoms with Crippen LogP contribution < -0.4 is 0 Å². The van der Waals surface area contributed by atoms with Crippen molar-refractivity contribution in [1.29, 1.82) is 0 Å². The van der Waals surface area contributed by atoms with Gasteiger partial charge in [-0.15, -0.1) is 0 Å². The summed E-state index contributed by atoms with van der Waals surface area (Å²) in [5, 5.41) is 0. The highest BCUT2D eigenvalue weighted by molar-refractivity contribution is 5.75. The minimum absolute atomic E-state index is 0.0650. The number of benzene rings is 2. The second kappa shape index (κ2) is 10.6. The summed E-state index contributed by atoms with van der Waals surface area (Å²) in [4.78, 5) is 23.4. The van der Waals surface area contributed by atoms with Crippen LogP contribution in [0.2, 0.25) is 0 Å². The predicted octanol–water partition coefficient (Wildman–Crippen LogP) is 6.27. The molecule has 0 aliphatic heterocycles. The van der Waals surface area contributed by atoms with Crippen molar-refractivity contribution in [2.24, 2.45) is 17.8 Å². The largest absolute Gasteiger partial charge is 0.458 e. The minimum atomic E-state index is -0.393. The average molecular weight is 486 g/mol. The van der Waals surface area contributed by atoms with Crippen LogP contribution in [0.4, 0.5) is 0 Å². The van der Waals surface area contributed by atoms with E-state index in [2.05, 4.69) is 65.5 Å². The molecular formula is C31H39N3O2. The monoisotopic (exact) mass is 485 g/mol. The number of esters is 1. The van der Waals surface area contributed by atoms with Crippen molar-refractivity contribution in [3.63, 3.8) is 0 Å². The number of para-hydroxylation sites is 2. The second-order valence-corrected chi connectivity index (χ2v) is 11.1. The lowest BCUT2D eigenvalue weighted by atomic mass is 9.60. The lowest BCUT2D eigenvalue weighted by Crippen LogP contribution is -2.51. The molecule has 1 aromatic heterocycles. The number of imidazole rings is 1. The van der Waals surface area contributed by atoms with Crippen molar-refractivity contribution < 1.29 is 9.53 Å². The maximum absolute atomic E-state index is 12.8. The van der Waals surface area contributed by atoms with Crippen LogP contribution in [0.5, 0.6) is 0 Å². The average Bonchev–Trinajstić information content (AvgIpc) is 3.31. The summed E-state index contributed by atoms with van der Waals surface area (Å²) in [6.45, 7) is 5.78. The third-order valence-electron chi connectivity index (χ3n) is 8.11. The lowest BCUT2D eigenvalue weighted by Gasteiger charge is -2.50. The number of hydrogen-bond acceptors (Lipinski definition) is 4. The van der Waals surface area contributed by atoms with E-state index in [1.807, 2.05) is 26.0 Å². The number of aromatic amines is 1. The fourth-order valence-electron chi connectivity index (χ4n) is 6.04. The van der Waals surface area contributed by atoms with Gasteiger partial charge < -0.3 is 14.6 Å². The molecule has 3 aliphatic carbocycles. The SMILES string of the molecule is CC(C)C(=O)OC1(CCN(C)CCCc2nc3ccccc3[nH]2)CC2CCC1C=C2c1ccccc1.